The molecule has 2 aromatic heterocycles. The van der Waals surface area contributed by atoms with Crippen LogP contribution >= 0.6 is 0 Å². The minimum absolute atomic E-state index is 0.278. The van der Waals surface area contributed by atoms with E-state index in [1.807, 2.05) is 38.1 Å². The summed E-state index contributed by atoms with van der Waals surface area (Å²) in [7, 11) is 0. The predicted molar refractivity (Wildman–Crippen MR) is 141 cm³/mol. The summed E-state index contributed by atoms with van der Waals surface area (Å²) >= 11 is 0. The van der Waals surface area contributed by atoms with Gasteiger partial charge in [-0.2, -0.15) is 0 Å². The summed E-state index contributed by atoms with van der Waals surface area (Å²) in [5.74, 6) is 5.99. The van der Waals surface area contributed by atoms with Crippen molar-refractivity contribution in [1.29, 1.82) is 0 Å². The van der Waals surface area contributed by atoms with E-state index in [0.29, 0.717) is 28.4 Å². The van der Waals surface area contributed by atoms with Gasteiger partial charge in [-0.05, 0) is 74.0 Å². The van der Waals surface area contributed by atoms with E-state index >= 15 is 8.63 Å². The zero-order valence-electron chi connectivity index (χ0n) is 20.0. The molecule has 4 heterocycles. The molecule has 7 heteroatoms. The summed E-state index contributed by atoms with van der Waals surface area (Å²) < 4.78 is 39.4. The molecule has 1 aliphatic carbocycles. The maximum absolute atomic E-state index is 15.8. The highest BCUT2D eigenvalue weighted by molar-refractivity contribution is 6.58. The number of allylic oxidation sites excluding steroid dienone is 6. The maximum atomic E-state index is 15.8. The third kappa shape index (κ3) is 3.29. The first-order chi connectivity index (χ1) is 17.2. The molecule has 3 aromatic rings. The van der Waals surface area contributed by atoms with Crippen molar-refractivity contribution >= 4 is 41.9 Å². The maximum Gasteiger partial charge on any atom is 0.737 e. The summed E-state index contributed by atoms with van der Waals surface area (Å²) in [4.78, 5) is 12.7. The molecule has 0 atom stereocenters. The number of aryl methyl sites for hydroxylation is 2. The molecule has 0 radical (unpaired) electrons. The quantitative estimate of drug-likeness (QED) is 0.263. The molecule has 0 fully saturated rings. The fraction of sp³-hybridized carbons (Fsp3) is 0.103. The molecular formula is C29H21BF2N2O2. The van der Waals surface area contributed by atoms with Crippen molar-refractivity contribution in [2.75, 3.05) is 0 Å². The molecule has 176 valence electrons. The van der Waals surface area contributed by atoms with Crippen LogP contribution in [0.1, 0.15) is 40.6 Å². The van der Waals surface area contributed by atoms with E-state index in [-0.39, 0.29) is 5.56 Å². The van der Waals surface area contributed by atoms with E-state index in [2.05, 4.69) is 11.8 Å². The number of halogens is 2. The van der Waals surface area contributed by atoms with Gasteiger partial charge in [-0.1, -0.05) is 30.1 Å². The first-order valence-electron chi connectivity index (χ1n) is 11.7. The number of benzene rings is 1. The predicted octanol–water partition coefficient (Wildman–Crippen LogP) is 5.85. The third-order valence-electron chi connectivity index (χ3n) is 6.81. The van der Waals surface area contributed by atoms with Gasteiger partial charge in [0.15, 0.2) is 11.4 Å². The molecule has 3 aliphatic rings. The van der Waals surface area contributed by atoms with Crippen molar-refractivity contribution < 1.29 is 17.5 Å². The molecule has 6 rings (SSSR count). The first kappa shape index (κ1) is 22.1. The van der Waals surface area contributed by atoms with Crippen molar-refractivity contribution in [2.45, 2.75) is 20.8 Å². The van der Waals surface area contributed by atoms with Gasteiger partial charge >= 0.3 is 12.6 Å². The molecule has 0 N–H and O–H groups in total. The third-order valence-corrected chi connectivity index (χ3v) is 6.81. The van der Waals surface area contributed by atoms with E-state index in [1.165, 1.54) is 6.08 Å². The van der Waals surface area contributed by atoms with Crippen molar-refractivity contribution in [1.82, 2.24) is 4.48 Å². The van der Waals surface area contributed by atoms with E-state index in [4.69, 9.17) is 4.42 Å². The molecule has 0 amide bonds. The van der Waals surface area contributed by atoms with Crippen molar-refractivity contribution in [3.63, 3.8) is 0 Å². The Hall–Kier alpha value is -4.44. The molecule has 2 aliphatic heterocycles. The number of hydrogen-bond acceptors (Lipinski definition) is 2. The van der Waals surface area contributed by atoms with Gasteiger partial charge in [0, 0.05) is 40.4 Å². The number of rotatable bonds is 2. The normalized spacial score (nSPS) is 17.2. The second kappa shape index (κ2) is 7.79. The van der Waals surface area contributed by atoms with Crippen LogP contribution in [0.4, 0.5) is 8.63 Å². The zero-order valence-corrected chi connectivity index (χ0v) is 20.0. The van der Waals surface area contributed by atoms with Gasteiger partial charge in [-0.3, -0.25) is 0 Å². The SMILES string of the molecule is CC1=CC(C=Cc2cc3cc4c(cc3oc2=O)C#CC=CC=C4)=[N+]2C1=Cc1c(C)cc(C)n1[B-]2(F)F. The average molecular weight is 478 g/mol. The standard InChI is InChI=1S/C29H21BF2N2O2/c1-18-12-20(3)33-26(18)17-27-19(2)13-25(34(27)30(33,31)32)11-10-23-15-24-14-21-8-6-4-5-7-9-22(21)16-28(24)36-29(23)35/h4-6,8,10-17H,1-3H3. The Bertz CT molecular complexity index is 1820. The molecule has 0 saturated heterocycles. The minimum atomic E-state index is -4.10. The molecule has 4 nitrogen and oxygen atoms in total. The van der Waals surface area contributed by atoms with Crippen molar-refractivity contribution in [2.24, 2.45) is 0 Å². The van der Waals surface area contributed by atoms with Crippen LogP contribution in [-0.4, -0.2) is 21.6 Å². The summed E-state index contributed by atoms with van der Waals surface area (Å²) in [5, 5.41) is 0.725. The molecule has 36 heavy (non-hydrogen) atoms. The van der Waals surface area contributed by atoms with E-state index in [9.17, 15) is 4.79 Å². The van der Waals surface area contributed by atoms with Crippen LogP contribution < -0.4 is 5.63 Å². The van der Waals surface area contributed by atoms with Crippen molar-refractivity contribution in [3.8, 4) is 11.8 Å². The van der Waals surface area contributed by atoms with Gasteiger partial charge in [0.1, 0.15) is 5.58 Å². The number of nitrogens with zero attached hydrogens (tertiary/aromatic N) is 2. The van der Waals surface area contributed by atoms with E-state index < -0.39 is 12.6 Å². The van der Waals surface area contributed by atoms with Crippen LogP contribution in [0.3, 0.4) is 0 Å². The van der Waals surface area contributed by atoms with Crippen LogP contribution in [0.15, 0.2) is 75.1 Å². The van der Waals surface area contributed by atoms with Crippen LogP contribution in [0, 0.1) is 25.7 Å². The minimum Gasteiger partial charge on any atom is -0.422 e. The smallest absolute Gasteiger partial charge is 0.422 e. The number of aromatic nitrogens is 1. The lowest BCUT2D eigenvalue weighted by Gasteiger charge is -2.30. The van der Waals surface area contributed by atoms with Gasteiger partial charge < -0.3 is 22.0 Å². The monoisotopic (exact) mass is 478 g/mol. The summed E-state index contributed by atoms with van der Waals surface area (Å²) in [6.45, 7) is 1.25. The summed E-state index contributed by atoms with van der Waals surface area (Å²) in [6, 6.07) is 7.15. The molecule has 0 bridgehead atoms. The largest absolute Gasteiger partial charge is 0.737 e. The lowest BCUT2D eigenvalue weighted by atomic mass is 9.89. The summed E-state index contributed by atoms with van der Waals surface area (Å²) in [5.41, 5.74) is 5.22. The highest BCUT2D eigenvalue weighted by Crippen LogP contribution is 2.36. The molecular weight excluding hydrogens is 457 g/mol. The average Bonchev–Trinajstić information content (AvgIpc) is 3.29. The van der Waals surface area contributed by atoms with Gasteiger partial charge in [-0.15, -0.1) is 0 Å². The molecule has 0 spiro atoms. The topological polar surface area (TPSA) is 38.1 Å². The second-order valence-electron chi connectivity index (χ2n) is 9.25. The Kier molecular flexibility index (Phi) is 4.77. The van der Waals surface area contributed by atoms with Gasteiger partial charge in [0.05, 0.1) is 5.56 Å². The Morgan fingerprint density at radius 3 is 2.72 bits per heavy atom. The van der Waals surface area contributed by atoms with Gasteiger partial charge in [-0.25, -0.2) is 4.79 Å². The Morgan fingerprint density at radius 1 is 1.06 bits per heavy atom. The van der Waals surface area contributed by atoms with Crippen LogP contribution in [-0.2, 0) is 0 Å². The van der Waals surface area contributed by atoms with Crippen molar-refractivity contribution in [3.05, 3.63) is 110 Å². The number of hydrogen-bond donors (Lipinski definition) is 0. The van der Waals surface area contributed by atoms with Crippen LogP contribution in [0.25, 0.3) is 29.2 Å². The summed E-state index contributed by atoms with van der Waals surface area (Å²) in [6.07, 6.45) is 14.1. The Morgan fingerprint density at radius 2 is 1.89 bits per heavy atom. The number of fused-ring (bicyclic) bond motifs is 4. The Balaban J connectivity index is 1.46. The zero-order chi connectivity index (χ0) is 25.2. The fourth-order valence-corrected chi connectivity index (χ4v) is 5.15. The first-order valence-corrected chi connectivity index (χ1v) is 11.7. The molecule has 0 unspecified atom stereocenters. The van der Waals surface area contributed by atoms with Gasteiger partial charge in [0.25, 0.3) is 0 Å². The van der Waals surface area contributed by atoms with Crippen LogP contribution in [0.2, 0.25) is 0 Å². The Labute approximate surface area is 206 Å². The highest BCUT2D eigenvalue weighted by atomic mass is 19.2. The van der Waals surface area contributed by atoms with Crippen LogP contribution in [0.5, 0.6) is 0 Å². The molecule has 1 aromatic carbocycles. The van der Waals surface area contributed by atoms with Gasteiger partial charge in [0.2, 0.25) is 0 Å². The molecule has 0 saturated carbocycles. The van der Waals surface area contributed by atoms with E-state index in [0.717, 1.165) is 36.6 Å². The fourth-order valence-electron chi connectivity index (χ4n) is 5.15. The lowest BCUT2D eigenvalue weighted by Crippen LogP contribution is -2.50. The van der Waals surface area contributed by atoms with E-state index in [1.54, 1.807) is 49.4 Å². The second-order valence-corrected chi connectivity index (χ2v) is 9.25. The lowest BCUT2D eigenvalue weighted by molar-refractivity contribution is -0.361. The highest BCUT2D eigenvalue weighted by Gasteiger charge is 2.53.